The third kappa shape index (κ3) is 2.88. The first kappa shape index (κ1) is 20.4. The van der Waals surface area contributed by atoms with Gasteiger partial charge in [-0.1, -0.05) is 48.1 Å². The topological polar surface area (TPSA) is 63.7 Å². The Bertz CT molecular complexity index is 1160. The average Bonchev–Trinajstić information content (AvgIpc) is 3.44. The summed E-state index contributed by atoms with van der Waals surface area (Å²) < 4.78 is 5.71. The minimum atomic E-state index is -0.415. The average molecular weight is 428 g/mol. The van der Waals surface area contributed by atoms with Crippen LogP contribution < -0.4 is 9.64 Å². The highest BCUT2D eigenvalue weighted by Crippen LogP contribution is 2.58. The quantitative estimate of drug-likeness (QED) is 0.395. The zero-order chi connectivity index (χ0) is 22.6. The van der Waals surface area contributed by atoms with Crippen molar-refractivity contribution in [1.82, 2.24) is 0 Å². The van der Waals surface area contributed by atoms with Gasteiger partial charge in [0, 0.05) is 17.4 Å². The molecule has 1 saturated heterocycles. The van der Waals surface area contributed by atoms with Gasteiger partial charge in [-0.25, -0.2) is 4.90 Å². The molecule has 2 aromatic rings. The summed E-state index contributed by atoms with van der Waals surface area (Å²) in [4.78, 5) is 40.5. The number of carbonyl (C=O) groups is 3. The number of ether oxygens (including phenoxy) is 1. The standard InChI is InChI=1S/C27H25NO4/c1-4-32-22-13-10-18(16(3)29)14-21(22)28-26(30)24-19-11-12-20(25(24)27(28)31)23(19)15(2)17-8-6-5-7-9-17/h5-14,19-20,24-25H,4H2,1-3H3/t19-,20-,24+,25+/m0/s1. The first-order chi connectivity index (χ1) is 15.4. The molecule has 2 fully saturated rings. The number of allylic oxidation sites excluding steroid dienone is 4. The van der Waals surface area contributed by atoms with Crippen molar-refractivity contribution in [2.75, 3.05) is 11.5 Å². The summed E-state index contributed by atoms with van der Waals surface area (Å²) >= 11 is 0. The Labute approximate surface area is 187 Å². The molecule has 0 radical (unpaired) electrons. The first-order valence-electron chi connectivity index (χ1n) is 11.0. The van der Waals surface area contributed by atoms with Crippen molar-refractivity contribution in [3.05, 3.63) is 77.4 Å². The Hall–Kier alpha value is -3.47. The number of ketones is 1. The van der Waals surface area contributed by atoms with Gasteiger partial charge in [-0.3, -0.25) is 14.4 Å². The minimum absolute atomic E-state index is 0.0850. The maximum atomic E-state index is 13.6. The Balaban J connectivity index is 1.56. The van der Waals surface area contributed by atoms with Crippen molar-refractivity contribution in [2.24, 2.45) is 23.7 Å². The number of nitrogens with zero attached hydrogens (tertiary/aromatic N) is 1. The normalized spacial score (nSPS) is 25.5. The van der Waals surface area contributed by atoms with Gasteiger partial charge in [0.15, 0.2) is 5.78 Å². The van der Waals surface area contributed by atoms with Crippen molar-refractivity contribution < 1.29 is 19.1 Å². The van der Waals surface area contributed by atoms with Crippen molar-refractivity contribution in [3.8, 4) is 5.75 Å². The van der Waals surface area contributed by atoms with E-state index in [0.717, 1.165) is 11.1 Å². The number of anilines is 1. The van der Waals surface area contributed by atoms with Crippen LogP contribution >= 0.6 is 0 Å². The zero-order valence-electron chi connectivity index (χ0n) is 18.4. The lowest BCUT2D eigenvalue weighted by Gasteiger charge is -2.22. The summed E-state index contributed by atoms with van der Waals surface area (Å²) in [5, 5.41) is 0. The van der Waals surface area contributed by atoms with Crippen molar-refractivity contribution in [3.63, 3.8) is 0 Å². The van der Waals surface area contributed by atoms with Crippen LogP contribution in [0.5, 0.6) is 5.75 Å². The third-order valence-electron chi connectivity index (χ3n) is 6.96. The van der Waals surface area contributed by atoms with Gasteiger partial charge in [-0.2, -0.15) is 0 Å². The molecule has 0 spiro atoms. The third-order valence-corrected chi connectivity index (χ3v) is 6.96. The Morgan fingerprint density at radius 3 is 2.09 bits per heavy atom. The van der Waals surface area contributed by atoms with Crippen LogP contribution in [0.1, 0.15) is 36.7 Å². The maximum absolute atomic E-state index is 13.6. The lowest BCUT2D eigenvalue weighted by molar-refractivity contribution is -0.123. The molecule has 1 saturated carbocycles. The summed E-state index contributed by atoms with van der Waals surface area (Å²) in [6.07, 6.45) is 4.16. The van der Waals surface area contributed by atoms with Gasteiger partial charge >= 0.3 is 0 Å². The highest BCUT2D eigenvalue weighted by molar-refractivity contribution is 6.24. The fourth-order valence-electron chi connectivity index (χ4n) is 5.54. The van der Waals surface area contributed by atoms with E-state index in [0.29, 0.717) is 23.6 Å². The largest absolute Gasteiger partial charge is 0.492 e. The molecular weight excluding hydrogens is 402 g/mol. The molecule has 2 aromatic carbocycles. The Morgan fingerprint density at radius 2 is 1.53 bits per heavy atom. The van der Waals surface area contributed by atoms with E-state index in [4.69, 9.17) is 4.74 Å². The molecule has 2 amide bonds. The number of carbonyl (C=O) groups excluding carboxylic acids is 3. The molecule has 5 nitrogen and oxygen atoms in total. The highest BCUT2D eigenvalue weighted by Gasteiger charge is 2.62. The fourth-order valence-corrected chi connectivity index (χ4v) is 5.54. The first-order valence-corrected chi connectivity index (χ1v) is 11.0. The van der Waals surface area contributed by atoms with Crippen LogP contribution in [-0.2, 0) is 9.59 Å². The van der Waals surface area contributed by atoms with Gasteiger partial charge < -0.3 is 4.74 Å². The van der Waals surface area contributed by atoms with E-state index in [9.17, 15) is 14.4 Å². The monoisotopic (exact) mass is 427 g/mol. The van der Waals surface area contributed by atoms with Gasteiger partial charge in [-0.15, -0.1) is 0 Å². The second kappa shape index (κ2) is 7.59. The molecule has 5 rings (SSSR count). The van der Waals surface area contributed by atoms with E-state index in [2.05, 4.69) is 31.2 Å². The molecule has 3 aliphatic rings. The molecule has 4 atom stereocenters. The van der Waals surface area contributed by atoms with Crippen molar-refractivity contribution in [1.29, 1.82) is 0 Å². The summed E-state index contributed by atoms with van der Waals surface area (Å²) in [7, 11) is 0. The lowest BCUT2D eigenvalue weighted by Crippen LogP contribution is -2.33. The maximum Gasteiger partial charge on any atom is 0.238 e. The van der Waals surface area contributed by atoms with Crippen LogP contribution in [0, 0.1) is 23.7 Å². The molecule has 1 heterocycles. The van der Waals surface area contributed by atoms with Crippen molar-refractivity contribution >= 4 is 28.9 Å². The molecular formula is C27H25NO4. The number of hydrogen-bond donors (Lipinski definition) is 0. The van der Waals surface area contributed by atoms with Gasteiger partial charge in [0.2, 0.25) is 11.8 Å². The van der Waals surface area contributed by atoms with Crippen LogP contribution in [0.15, 0.2) is 66.3 Å². The number of fused-ring (bicyclic) bond motifs is 5. The predicted molar refractivity (Wildman–Crippen MR) is 122 cm³/mol. The smallest absolute Gasteiger partial charge is 0.238 e. The molecule has 2 bridgehead atoms. The Kier molecular flexibility index (Phi) is 4.85. The SMILES string of the molecule is CCOc1ccc(C(C)=O)cc1N1C(=O)[C@H]2[C@H](C1=O)[C@H]1C=C[C@H]2C1=C(C)c1ccccc1. The van der Waals surface area contributed by atoms with Crippen LogP contribution in [-0.4, -0.2) is 24.2 Å². The number of rotatable bonds is 5. The van der Waals surface area contributed by atoms with E-state index in [1.54, 1.807) is 18.2 Å². The molecule has 0 N–H and O–H groups in total. The number of hydrogen-bond acceptors (Lipinski definition) is 4. The Morgan fingerprint density at radius 1 is 0.906 bits per heavy atom. The predicted octanol–water partition coefficient (Wildman–Crippen LogP) is 4.68. The molecule has 162 valence electrons. The lowest BCUT2D eigenvalue weighted by atomic mass is 9.85. The van der Waals surface area contributed by atoms with Gasteiger partial charge in [0.05, 0.1) is 24.1 Å². The minimum Gasteiger partial charge on any atom is -0.492 e. The molecule has 1 aliphatic heterocycles. The number of amides is 2. The molecule has 2 aliphatic carbocycles. The number of benzene rings is 2. The summed E-state index contributed by atoms with van der Waals surface area (Å²) in [5.41, 5.74) is 4.25. The molecule has 0 unspecified atom stereocenters. The second-order valence-electron chi connectivity index (χ2n) is 8.62. The molecule has 32 heavy (non-hydrogen) atoms. The van der Waals surface area contributed by atoms with Crippen molar-refractivity contribution in [2.45, 2.75) is 20.8 Å². The molecule has 5 heteroatoms. The summed E-state index contributed by atoms with van der Waals surface area (Å²) in [6, 6.07) is 15.0. The fraction of sp³-hybridized carbons (Fsp3) is 0.296. The van der Waals surface area contributed by atoms with E-state index in [-0.39, 0.29) is 29.4 Å². The molecule has 0 aromatic heterocycles. The zero-order valence-corrected chi connectivity index (χ0v) is 18.4. The van der Waals surface area contributed by atoms with Crippen LogP contribution in [0.3, 0.4) is 0 Å². The second-order valence-corrected chi connectivity index (χ2v) is 8.62. The van der Waals surface area contributed by atoms with Crippen LogP contribution in [0.4, 0.5) is 5.69 Å². The van der Waals surface area contributed by atoms with Crippen LogP contribution in [0.25, 0.3) is 5.57 Å². The number of Topliss-reactive ketones (excluding diaryl/α,β-unsaturated/α-hetero) is 1. The highest BCUT2D eigenvalue weighted by atomic mass is 16.5. The van der Waals surface area contributed by atoms with Crippen LogP contribution in [0.2, 0.25) is 0 Å². The van der Waals surface area contributed by atoms with Gasteiger partial charge in [0.1, 0.15) is 5.75 Å². The van der Waals surface area contributed by atoms with Gasteiger partial charge in [0.25, 0.3) is 0 Å². The van der Waals surface area contributed by atoms with E-state index < -0.39 is 11.8 Å². The summed E-state index contributed by atoms with van der Waals surface area (Å²) in [5.74, 6) is -1.11. The summed E-state index contributed by atoms with van der Waals surface area (Å²) in [6.45, 7) is 5.79. The van der Waals surface area contributed by atoms with E-state index in [1.165, 1.54) is 17.4 Å². The number of imide groups is 1. The van der Waals surface area contributed by atoms with E-state index >= 15 is 0 Å². The van der Waals surface area contributed by atoms with Gasteiger partial charge in [-0.05, 0) is 50.1 Å². The van der Waals surface area contributed by atoms with E-state index in [1.807, 2.05) is 25.1 Å².